The third-order valence-electron chi connectivity index (χ3n) is 5.25. The van der Waals surface area contributed by atoms with Crippen LogP contribution in [0.5, 0.6) is 0 Å². The van der Waals surface area contributed by atoms with Crippen LogP contribution >= 0.6 is 0 Å². The number of para-hydroxylation sites is 1. The van der Waals surface area contributed by atoms with Crippen molar-refractivity contribution in [2.75, 3.05) is 5.32 Å². The molecule has 0 fully saturated rings. The molecule has 0 spiro atoms. The lowest BCUT2D eigenvalue weighted by Crippen LogP contribution is -2.26. The largest absolute Gasteiger partial charge is 0.326 e. The number of amides is 1. The fourth-order valence-electron chi connectivity index (χ4n) is 3.42. The molecule has 0 saturated carbocycles. The molecular formula is C25H28N2O3S. The van der Waals surface area contributed by atoms with E-state index in [-0.39, 0.29) is 16.8 Å². The Morgan fingerprint density at radius 3 is 2.10 bits per heavy atom. The minimum atomic E-state index is -3.64. The van der Waals surface area contributed by atoms with Crippen LogP contribution < -0.4 is 10.0 Å². The zero-order valence-corrected chi connectivity index (χ0v) is 18.9. The highest BCUT2D eigenvalue weighted by Gasteiger charge is 2.18. The Kier molecular flexibility index (Phi) is 7.25. The van der Waals surface area contributed by atoms with Gasteiger partial charge in [0.2, 0.25) is 15.9 Å². The first kappa shape index (κ1) is 22.7. The summed E-state index contributed by atoms with van der Waals surface area (Å²) in [6.45, 7) is 5.75. The van der Waals surface area contributed by atoms with Gasteiger partial charge in [-0.15, -0.1) is 0 Å². The van der Waals surface area contributed by atoms with Gasteiger partial charge in [0, 0.05) is 18.2 Å². The summed E-state index contributed by atoms with van der Waals surface area (Å²) >= 11 is 0. The lowest BCUT2D eigenvalue weighted by molar-refractivity contribution is -0.116. The van der Waals surface area contributed by atoms with Crippen LogP contribution in [0.2, 0.25) is 0 Å². The molecule has 31 heavy (non-hydrogen) atoms. The Hall–Kier alpha value is -2.96. The number of carbonyl (C=O) groups excluding carboxylic acids is 1. The van der Waals surface area contributed by atoms with Crippen LogP contribution in [0.3, 0.4) is 0 Å². The maximum Gasteiger partial charge on any atom is 0.241 e. The summed E-state index contributed by atoms with van der Waals surface area (Å²) in [5, 5.41) is 2.98. The number of carbonyl (C=O) groups is 1. The Balaban J connectivity index is 1.59. The fourth-order valence-corrected chi connectivity index (χ4v) is 4.65. The summed E-state index contributed by atoms with van der Waals surface area (Å²) in [7, 11) is -3.64. The summed E-state index contributed by atoms with van der Waals surface area (Å²) in [6.07, 6.45) is 0.855. The molecule has 0 saturated heterocycles. The Bertz CT molecular complexity index is 1120. The molecule has 3 aromatic carbocycles. The van der Waals surface area contributed by atoms with E-state index in [0.29, 0.717) is 12.8 Å². The molecular weight excluding hydrogens is 408 g/mol. The highest BCUT2D eigenvalue weighted by atomic mass is 32.2. The number of nitrogens with one attached hydrogen (secondary N) is 2. The Morgan fingerprint density at radius 1 is 0.871 bits per heavy atom. The van der Waals surface area contributed by atoms with Crippen molar-refractivity contribution < 1.29 is 13.2 Å². The highest BCUT2D eigenvalue weighted by molar-refractivity contribution is 7.89. The van der Waals surface area contributed by atoms with Crippen LogP contribution in [0.15, 0.2) is 77.7 Å². The van der Waals surface area contributed by atoms with Crippen LogP contribution in [0.1, 0.15) is 41.6 Å². The van der Waals surface area contributed by atoms with E-state index in [9.17, 15) is 13.2 Å². The summed E-state index contributed by atoms with van der Waals surface area (Å²) in [4.78, 5) is 12.6. The van der Waals surface area contributed by atoms with Crippen molar-refractivity contribution in [2.45, 2.75) is 44.6 Å². The van der Waals surface area contributed by atoms with Crippen molar-refractivity contribution in [1.82, 2.24) is 4.72 Å². The first-order valence-corrected chi connectivity index (χ1v) is 11.8. The summed E-state index contributed by atoms with van der Waals surface area (Å²) in [5.41, 5.74) is 4.72. The first-order valence-electron chi connectivity index (χ1n) is 10.3. The third kappa shape index (κ3) is 6.03. The van der Waals surface area contributed by atoms with Crippen LogP contribution in [0.25, 0.3) is 0 Å². The van der Waals surface area contributed by atoms with Crippen LogP contribution in [0, 0.1) is 13.8 Å². The van der Waals surface area contributed by atoms with Crippen LogP contribution in [-0.4, -0.2) is 14.3 Å². The molecule has 0 unspecified atom stereocenters. The van der Waals surface area contributed by atoms with Gasteiger partial charge in [-0.3, -0.25) is 4.79 Å². The molecule has 1 atom stereocenters. The molecule has 2 N–H and O–H groups in total. The van der Waals surface area contributed by atoms with Gasteiger partial charge in [0.05, 0.1) is 4.90 Å². The normalized spacial score (nSPS) is 12.4. The SMILES string of the molecule is Cc1cccc(C)c1NC(=O)CCc1ccc(S(=O)(=O)N[C@@H](C)c2ccccc2)cc1. The number of sulfonamides is 1. The average molecular weight is 437 g/mol. The van der Waals surface area contributed by atoms with E-state index in [2.05, 4.69) is 10.0 Å². The van der Waals surface area contributed by atoms with Gasteiger partial charge in [-0.05, 0) is 61.6 Å². The molecule has 0 aromatic heterocycles. The fraction of sp³-hybridized carbons (Fsp3) is 0.240. The van der Waals surface area contributed by atoms with E-state index >= 15 is 0 Å². The van der Waals surface area contributed by atoms with Gasteiger partial charge in [0.1, 0.15) is 0 Å². The predicted octanol–water partition coefficient (Wildman–Crippen LogP) is 4.91. The maximum atomic E-state index is 12.7. The number of hydrogen-bond donors (Lipinski definition) is 2. The van der Waals surface area contributed by atoms with Gasteiger partial charge in [-0.2, -0.15) is 0 Å². The lowest BCUT2D eigenvalue weighted by Gasteiger charge is -2.15. The molecule has 3 rings (SSSR count). The van der Waals surface area contributed by atoms with Gasteiger partial charge >= 0.3 is 0 Å². The Labute approximate surface area is 184 Å². The van der Waals surface area contributed by atoms with E-state index in [0.717, 1.165) is 27.9 Å². The second-order valence-electron chi connectivity index (χ2n) is 7.71. The summed E-state index contributed by atoms with van der Waals surface area (Å²) in [5.74, 6) is -0.0625. The van der Waals surface area contributed by atoms with Crippen LogP contribution in [0.4, 0.5) is 5.69 Å². The van der Waals surface area contributed by atoms with E-state index in [4.69, 9.17) is 0 Å². The average Bonchev–Trinajstić information content (AvgIpc) is 2.75. The minimum absolute atomic E-state index is 0.0625. The zero-order chi connectivity index (χ0) is 22.4. The number of aryl methyl sites for hydroxylation is 3. The summed E-state index contributed by atoms with van der Waals surface area (Å²) < 4.78 is 28.1. The molecule has 0 aliphatic carbocycles. The van der Waals surface area contributed by atoms with Gasteiger partial charge < -0.3 is 5.32 Å². The number of hydrogen-bond acceptors (Lipinski definition) is 3. The topological polar surface area (TPSA) is 75.3 Å². The Morgan fingerprint density at radius 2 is 1.48 bits per heavy atom. The van der Waals surface area contributed by atoms with Gasteiger partial charge in [-0.25, -0.2) is 13.1 Å². The molecule has 1 amide bonds. The third-order valence-corrected chi connectivity index (χ3v) is 6.81. The van der Waals surface area contributed by atoms with Crippen molar-refractivity contribution in [3.05, 3.63) is 95.1 Å². The quantitative estimate of drug-likeness (QED) is 0.527. The monoisotopic (exact) mass is 436 g/mol. The smallest absolute Gasteiger partial charge is 0.241 e. The second kappa shape index (κ2) is 9.90. The van der Waals surface area contributed by atoms with Crippen LogP contribution in [-0.2, 0) is 21.2 Å². The van der Waals surface area contributed by atoms with Gasteiger partial charge in [0.15, 0.2) is 0 Å². The lowest BCUT2D eigenvalue weighted by atomic mass is 10.1. The van der Waals surface area contributed by atoms with E-state index in [1.165, 1.54) is 0 Å². The number of anilines is 1. The maximum absolute atomic E-state index is 12.7. The number of benzene rings is 3. The minimum Gasteiger partial charge on any atom is -0.326 e. The van der Waals surface area contributed by atoms with Gasteiger partial charge in [0.25, 0.3) is 0 Å². The molecule has 0 radical (unpaired) electrons. The molecule has 6 heteroatoms. The molecule has 0 heterocycles. The molecule has 0 aliphatic heterocycles. The second-order valence-corrected chi connectivity index (χ2v) is 9.43. The van der Waals surface area contributed by atoms with Crippen molar-refractivity contribution in [2.24, 2.45) is 0 Å². The zero-order valence-electron chi connectivity index (χ0n) is 18.1. The molecule has 0 bridgehead atoms. The van der Waals surface area contributed by atoms with E-state index in [1.807, 2.05) is 69.3 Å². The van der Waals surface area contributed by atoms with E-state index in [1.54, 1.807) is 24.3 Å². The van der Waals surface area contributed by atoms with Crippen molar-refractivity contribution in [3.8, 4) is 0 Å². The van der Waals surface area contributed by atoms with Crippen molar-refractivity contribution in [1.29, 1.82) is 0 Å². The van der Waals surface area contributed by atoms with Crippen molar-refractivity contribution >= 4 is 21.6 Å². The molecule has 162 valence electrons. The summed E-state index contributed by atoms with van der Waals surface area (Å²) in [6, 6.07) is 21.7. The van der Waals surface area contributed by atoms with Gasteiger partial charge in [-0.1, -0.05) is 60.7 Å². The molecule has 5 nitrogen and oxygen atoms in total. The first-order chi connectivity index (χ1) is 14.8. The van der Waals surface area contributed by atoms with E-state index < -0.39 is 10.0 Å². The number of rotatable bonds is 8. The van der Waals surface area contributed by atoms with Crippen molar-refractivity contribution in [3.63, 3.8) is 0 Å². The molecule has 3 aromatic rings. The molecule has 0 aliphatic rings. The predicted molar refractivity (Wildman–Crippen MR) is 124 cm³/mol. The standard InChI is InChI=1S/C25H28N2O3S/c1-18-8-7-9-19(2)25(18)26-24(28)17-14-21-12-15-23(16-13-21)31(29,30)27-20(3)22-10-5-4-6-11-22/h4-13,15-16,20,27H,14,17H2,1-3H3,(H,26,28)/t20-/m0/s1. The highest BCUT2D eigenvalue weighted by Crippen LogP contribution is 2.20.